The summed E-state index contributed by atoms with van der Waals surface area (Å²) in [6.45, 7) is 5.68. The molecule has 0 radical (unpaired) electrons. The van der Waals surface area contributed by atoms with Crippen LogP contribution in [0.5, 0.6) is 0 Å². The molecule has 112 valence electrons. The van der Waals surface area contributed by atoms with Gasteiger partial charge < -0.3 is 15.4 Å². The lowest BCUT2D eigenvalue weighted by atomic mass is 9.84. The lowest BCUT2D eigenvalue weighted by Crippen LogP contribution is -2.57. The van der Waals surface area contributed by atoms with Crippen molar-refractivity contribution in [3.63, 3.8) is 0 Å². The number of rotatable bonds is 3. The minimum atomic E-state index is -0.180. The first kappa shape index (κ1) is 16.7. The van der Waals surface area contributed by atoms with Crippen LogP contribution in [-0.4, -0.2) is 37.2 Å². The summed E-state index contributed by atoms with van der Waals surface area (Å²) < 4.78 is 5.52. The van der Waals surface area contributed by atoms with Gasteiger partial charge in [0.2, 0.25) is 5.91 Å². The summed E-state index contributed by atoms with van der Waals surface area (Å²) in [5.41, 5.74) is 0. The largest absolute Gasteiger partial charge is 0.375 e. The predicted molar refractivity (Wildman–Crippen MR) is 78.6 cm³/mol. The van der Waals surface area contributed by atoms with Gasteiger partial charge in [-0.1, -0.05) is 26.2 Å². The Kier molecular flexibility index (Phi) is 7.11. The number of ether oxygens (including phenoxy) is 1. The first-order chi connectivity index (χ1) is 8.70. The molecule has 2 unspecified atom stereocenters. The first-order valence-corrected chi connectivity index (χ1v) is 7.36. The first-order valence-electron chi connectivity index (χ1n) is 7.36. The van der Waals surface area contributed by atoms with Crippen LogP contribution in [0.15, 0.2) is 0 Å². The van der Waals surface area contributed by atoms with Crippen molar-refractivity contribution in [3.05, 3.63) is 0 Å². The highest BCUT2D eigenvalue weighted by Crippen LogP contribution is 2.26. The molecule has 1 heterocycles. The van der Waals surface area contributed by atoms with E-state index in [0.29, 0.717) is 12.6 Å². The standard InChI is InChI=1S/C14H26N2O2.ClH/c1-3-11-5-4-6-12(9-11)16-14(17)13-10(2)18-8-7-15-13;/h10-13,15H,3-9H2,1-2H3,(H,16,17);1H/t10-,11?,12?,13+;/m1./s1. The number of morpholine rings is 1. The van der Waals surface area contributed by atoms with E-state index in [-0.39, 0.29) is 30.5 Å². The quantitative estimate of drug-likeness (QED) is 0.834. The number of nitrogens with one attached hydrogen (secondary N) is 2. The van der Waals surface area contributed by atoms with E-state index in [9.17, 15) is 4.79 Å². The number of carbonyl (C=O) groups is 1. The summed E-state index contributed by atoms with van der Waals surface area (Å²) in [5, 5.41) is 6.45. The topological polar surface area (TPSA) is 50.4 Å². The highest BCUT2D eigenvalue weighted by molar-refractivity contribution is 5.85. The minimum Gasteiger partial charge on any atom is -0.375 e. The van der Waals surface area contributed by atoms with E-state index in [1.807, 2.05) is 6.92 Å². The molecule has 1 aliphatic carbocycles. The summed E-state index contributed by atoms with van der Waals surface area (Å²) in [6, 6.07) is 0.188. The molecule has 1 saturated carbocycles. The SMILES string of the molecule is CCC1CCCC(NC(=O)[C@H]2NCCO[C@@H]2C)C1.Cl. The van der Waals surface area contributed by atoms with Gasteiger partial charge in [0.05, 0.1) is 12.7 Å². The summed E-state index contributed by atoms with van der Waals surface area (Å²) in [6.07, 6.45) is 6.05. The maximum absolute atomic E-state index is 12.2. The number of halogens is 1. The monoisotopic (exact) mass is 290 g/mol. The van der Waals surface area contributed by atoms with E-state index in [1.165, 1.54) is 19.3 Å². The zero-order valence-corrected chi connectivity index (χ0v) is 12.8. The van der Waals surface area contributed by atoms with Crippen molar-refractivity contribution in [3.8, 4) is 0 Å². The molecule has 2 aliphatic rings. The van der Waals surface area contributed by atoms with Crippen LogP contribution in [0, 0.1) is 5.92 Å². The fourth-order valence-electron chi connectivity index (χ4n) is 3.11. The maximum Gasteiger partial charge on any atom is 0.240 e. The van der Waals surface area contributed by atoms with Gasteiger partial charge in [0.15, 0.2) is 0 Å². The molecule has 0 aromatic rings. The molecule has 1 saturated heterocycles. The summed E-state index contributed by atoms with van der Waals surface area (Å²) >= 11 is 0. The molecule has 4 atom stereocenters. The normalized spacial score (nSPS) is 35.3. The zero-order chi connectivity index (χ0) is 13.0. The van der Waals surface area contributed by atoms with Crippen molar-refractivity contribution < 1.29 is 9.53 Å². The fourth-order valence-corrected chi connectivity index (χ4v) is 3.11. The number of amides is 1. The van der Waals surface area contributed by atoms with E-state index in [1.54, 1.807) is 0 Å². The highest BCUT2D eigenvalue weighted by atomic mass is 35.5. The Bertz CT molecular complexity index is 289. The molecule has 1 aliphatic heterocycles. The fraction of sp³-hybridized carbons (Fsp3) is 0.929. The Hall–Kier alpha value is -0.320. The molecular weight excluding hydrogens is 264 g/mol. The molecule has 0 bridgehead atoms. The third kappa shape index (κ3) is 4.62. The Balaban J connectivity index is 0.00000180. The van der Waals surface area contributed by atoms with Crippen LogP contribution < -0.4 is 10.6 Å². The van der Waals surface area contributed by atoms with Crippen molar-refractivity contribution >= 4 is 18.3 Å². The van der Waals surface area contributed by atoms with Crippen molar-refractivity contribution in [1.29, 1.82) is 0 Å². The number of hydrogen-bond donors (Lipinski definition) is 2. The van der Waals surface area contributed by atoms with Crippen LogP contribution in [0.25, 0.3) is 0 Å². The second-order valence-corrected chi connectivity index (χ2v) is 5.65. The molecule has 2 fully saturated rings. The second kappa shape index (κ2) is 8.08. The van der Waals surface area contributed by atoms with Gasteiger partial charge in [0.1, 0.15) is 6.04 Å². The van der Waals surface area contributed by atoms with Crippen LogP contribution in [0.2, 0.25) is 0 Å². The maximum atomic E-state index is 12.2. The van der Waals surface area contributed by atoms with Crippen molar-refractivity contribution in [2.75, 3.05) is 13.2 Å². The van der Waals surface area contributed by atoms with Crippen LogP contribution in [-0.2, 0) is 9.53 Å². The molecule has 0 spiro atoms. The third-order valence-electron chi connectivity index (χ3n) is 4.31. The lowest BCUT2D eigenvalue weighted by molar-refractivity contribution is -0.130. The van der Waals surface area contributed by atoms with Gasteiger partial charge in [0.25, 0.3) is 0 Å². The van der Waals surface area contributed by atoms with E-state index in [0.717, 1.165) is 25.3 Å². The number of hydrogen-bond acceptors (Lipinski definition) is 3. The van der Waals surface area contributed by atoms with Crippen molar-refractivity contribution in [2.45, 2.75) is 64.1 Å². The second-order valence-electron chi connectivity index (χ2n) is 5.65. The average Bonchev–Trinajstić information content (AvgIpc) is 2.39. The smallest absolute Gasteiger partial charge is 0.240 e. The molecule has 0 aromatic heterocycles. The Morgan fingerprint density at radius 1 is 1.42 bits per heavy atom. The van der Waals surface area contributed by atoms with Gasteiger partial charge in [-0.25, -0.2) is 0 Å². The minimum absolute atomic E-state index is 0. The van der Waals surface area contributed by atoms with Gasteiger partial charge in [-0.15, -0.1) is 12.4 Å². The Labute approximate surface area is 122 Å². The van der Waals surface area contributed by atoms with Crippen LogP contribution in [0.3, 0.4) is 0 Å². The van der Waals surface area contributed by atoms with Crippen LogP contribution >= 0.6 is 12.4 Å². The average molecular weight is 291 g/mol. The van der Waals surface area contributed by atoms with Crippen molar-refractivity contribution in [1.82, 2.24) is 10.6 Å². The summed E-state index contributed by atoms with van der Waals surface area (Å²) in [4.78, 5) is 12.2. The molecule has 1 amide bonds. The van der Waals surface area contributed by atoms with E-state index in [4.69, 9.17) is 4.74 Å². The molecule has 2 rings (SSSR count). The molecule has 2 N–H and O–H groups in total. The van der Waals surface area contributed by atoms with E-state index in [2.05, 4.69) is 17.6 Å². The predicted octanol–water partition coefficient (Wildman–Crippen LogP) is 1.87. The van der Waals surface area contributed by atoms with E-state index < -0.39 is 0 Å². The highest BCUT2D eigenvalue weighted by Gasteiger charge is 2.30. The van der Waals surface area contributed by atoms with Crippen LogP contribution in [0.1, 0.15) is 46.0 Å². The van der Waals surface area contributed by atoms with Gasteiger partial charge >= 0.3 is 0 Å². The van der Waals surface area contributed by atoms with Gasteiger partial charge in [-0.05, 0) is 25.7 Å². The number of carbonyl (C=O) groups excluding carboxylic acids is 1. The molecule has 4 nitrogen and oxygen atoms in total. The Morgan fingerprint density at radius 2 is 2.21 bits per heavy atom. The lowest BCUT2D eigenvalue weighted by Gasteiger charge is -2.33. The molecule has 0 aromatic carbocycles. The van der Waals surface area contributed by atoms with Crippen molar-refractivity contribution in [2.24, 2.45) is 5.92 Å². The van der Waals surface area contributed by atoms with Gasteiger partial charge in [0, 0.05) is 12.6 Å². The summed E-state index contributed by atoms with van der Waals surface area (Å²) in [7, 11) is 0. The zero-order valence-electron chi connectivity index (χ0n) is 12.0. The van der Waals surface area contributed by atoms with Gasteiger partial charge in [-0.2, -0.15) is 0 Å². The molecule has 5 heteroatoms. The molecular formula is C14H27ClN2O2. The molecule has 19 heavy (non-hydrogen) atoms. The third-order valence-corrected chi connectivity index (χ3v) is 4.31. The van der Waals surface area contributed by atoms with Gasteiger partial charge in [-0.3, -0.25) is 4.79 Å². The summed E-state index contributed by atoms with van der Waals surface area (Å²) in [5.74, 6) is 0.904. The Morgan fingerprint density at radius 3 is 2.89 bits per heavy atom. The van der Waals surface area contributed by atoms with E-state index >= 15 is 0 Å². The van der Waals surface area contributed by atoms with Crippen LogP contribution in [0.4, 0.5) is 0 Å².